The summed E-state index contributed by atoms with van der Waals surface area (Å²) in [6, 6.07) is 3.87. The molecule has 1 rings (SSSR count). The van der Waals surface area contributed by atoms with Crippen LogP contribution in [0.4, 0.5) is 4.39 Å². The fraction of sp³-hybridized carbons (Fsp3) is 0.300. The predicted octanol–water partition coefficient (Wildman–Crippen LogP) is 2.95. The summed E-state index contributed by atoms with van der Waals surface area (Å²) >= 11 is 1.53. The minimum atomic E-state index is -1.08. The molecule has 1 atom stereocenters. The van der Waals surface area contributed by atoms with E-state index in [1.165, 1.54) is 23.9 Å². The maximum Gasteiger partial charge on any atom is 0.336 e. The Morgan fingerprint density at radius 3 is 2.71 bits per heavy atom. The summed E-state index contributed by atoms with van der Waals surface area (Å²) in [6.07, 6.45) is 1.89. The van der Waals surface area contributed by atoms with Crippen LogP contribution in [0.2, 0.25) is 0 Å². The van der Waals surface area contributed by atoms with Crippen molar-refractivity contribution in [3.05, 3.63) is 35.1 Å². The summed E-state index contributed by atoms with van der Waals surface area (Å²) in [7, 11) is 0. The van der Waals surface area contributed by atoms with Crippen molar-refractivity contribution in [3.8, 4) is 0 Å². The molecule has 0 aliphatic heterocycles. The minimum Gasteiger partial charge on any atom is -0.478 e. The first-order valence-corrected chi connectivity index (χ1v) is 5.40. The molecule has 2 nitrogen and oxygen atoms in total. The van der Waals surface area contributed by atoms with Crippen molar-refractivity contribution in [2.75, 3.05) is 6.26 Å². The highest BCUT2D eigenvalue weighted by atomic mass is 32.2. The Bertz CT molecular complexity index is 352. The Balaban J connectivity index is 3.21. The van der Waals surface area contributed by atoms with Gasteiger partial charge in [-0.05, 0) is 30.9 Å². The van der Waals surface area contributed by atoms with Gasteiger partial charge in [-0.2, -0.15) is 11.8 Å². The largest absolute Gasteiger partial charge is 0.478 e. The number of benzene rings is 1. The summed E-state index contributed by atoms with van der Waals surface area (Å²) in [4.78, 5) is 10.8. The van der Waals surface area contributed by atoms with Crippen LogP contribution in [0.1, 0.15) is 28.1 Å². The van der Waals surface area contributed by atoms with Crippen molar-refractivity contribution in [1.29, 1.82) is 0 Å². The number of rotatable bonds is 3. The van der Waals surface area contributed by atoms with Gasteiger partial charge < -0.3 is 5.11 Å². The predicted molar refractivity (Wildman–Crippen MR) is 55.3 cm³/mol. The van der Waals surface area contributed by atoms with Crippen molar-refractivity contribution in [2.45, 2.75) is 12.2 Å². The van der Waals surface area contributed by atoms with Crippen molar-refractivity contribution < 1.29 is 14.3 Å². The van der Waals surface area contributed by atoms with E-state index in [1.54, 1.807) is 0 Å². The van der Waals surface area contributed by atoms with Crippen LogP contribution in [-0.2, 0) is 0 Å². The van der Waals surface area contributed by atoms with Crippen molar-refractivity contribution in [1.82, 2.24) is 0 Å². The number of hydrogen-bond acceptors (Lipinski definition) is 2. The molecule has 1 aromatic rings. The van der Waals surface area contributed by atoms with Crippen molar-refractivity contribution in [2.24, 2.45) is 0 Å². The molecule has 0 aliphatic carbocycles. The first-order valence-electron chi connectivity index (χ1n) is 4.11. The van der Waals surface area contributed by atoms with Crippen molar-refractivity contribution in [3.63, 3.8) is 0 Å². The Kier molecular flexibility index (Phi) is 3.52. The molecule has 0 amide bonds. The van der Waals surface area contributed by atoms with E-state index in [9.17, 15) is 9.18 Å². The van der Waals surface area contributed by atoms with Crippen LogP contribution < -0.4 is 0 Å². The average Bonchev–Trinajstić information content (AvgIpc) is 2.16. The van der Waals surface area contributed by atoms with Crippen LogP contribution in [-0.4, -0.2) is 17.3 Å². The third-order valence-corrected chi connectivity index (χ3v) is 3.00. The fourth-order valence-corrected chi connectivity index (χ4v) is 1.65. The monoisotopic (exact) mass is 214 g/mol. The zero-order chi connectivity index (χ0) is 10.7. The Morgan fingerprint density at radius 1 is 1.57 bits per heavy atom. The van der Waals surface area contributed by atoms with Gasteiger partial charge in [0.1, 0.15) is 5.82 Å². The SMILES string of the molecule is CSC(C)c1ccc(F)cc1C(=O)O. The Hall–Kier alpha value is -1.03. The van der Waals surface area contributed by atoms with Gasteiger partial charge in [0.05, 0.1) is 5.56 Å². The van der Waals surface area contributed by atoms with Crippen LogP contribution in [0.25, 0.3) is 0 Å². The lowest BCUT2D eigenvalue weighted by Crippen LogP contribution is -2.04. The lowest BCUT2D eigenvalue weighted by Gasteiger charge is -2.11. The third kappa shape index (κ3) is 2.26. The molecule has 0 radical (unpaired) electrons. The van der Waals surface area contributed by atoms with E-state index in [0.717, 1.165) is 6.07 Å². The summed E-state index contributed by atoms with van der Waals surface area (Å²) in [5.74, 6) is -1.60. The number of carboxylic acids is 1. The van der Waals surface area contributed by atoms with Gasteiger partial charge in [0.15, 0.2) is 0 Å². The molecular weight excluding hydrogens is 203 g/mol. The fourth-order valence-electron chi connectivity index (χ4n) is 1.20. The number of halogens is 1. The molecule has 1 aromatic carbocycles. The topological polar surface area (TPSA) is 37.3 Å². The van der Waals surface area contributed by atoms with Gasteiger partial charge in [-0.1, -0.05) is 6.07 Å². The van der Waals surface area contributed by atoms with Gasteiger partial charge in [0.2, 0.25) is 0 Å². The minimum absolute atomic E-state index is 0.0480. The molecule has 0 bridgehead atoms. The lowest BCUT2D eigenvalue weighted by atomic mass is 10.1. The summed E-state index contributed by atoms with van der Waals surface area (Å²) in [5.41, 5.74) is 0.707. The van der Waals surface area contributed by atoms with Gasteiger partial charge in [0.25, 0.3) is 0 Å². The first-order chi connectivity index (χ1) is 6.56. The van der Waals surface area contributed by atoms with Gasteiger partial charge in [-0.15, -0.1) is 0 Å². The van der Waals surface area contributed by atoms with E-state index in [0.29, 0.717) is 5.56 Å². The zero-order valence-corrected chi connectivity index (χ0v) is 8.77. The molecule has 0 spiro atoms. The van der Waals surface area contributed by atoms with Crippen LogP contribution in [0.15, 0.2) is 18.2 Å². The molecule has 0 heterocycles. The number of carboxylic acid groups (broad SMARTS) is 1. The molecule has 0 aromatic heterocycles. The Labute approximate surface area is 86.1 Å². The molecule has 0 saturated carbocycles. The quantitative estimate of drug-likeness (QED) is 0.840. The average molecular weight is 214 g/mol. The second-order valence-corrected chi connectivity index (χ2v) is 4.09. The van der Waals surface area contributed by atoms with Crippen molar-refractivity contribution >= 4 is 17.7 Å². The summed E-state index contributed by atoms with van der Waals surface area (Å²) < 4.78 is 12.8. The normalized spacial score (nSPS) is 12.5. The van der Waals surface area contributed by atoms with E-state index in [2.05, 4.69) is 0 Å². The zero-order valence-electron chi connectivity index (χ0n) is 7.95. The Morgan fingerprint density at radius 2 is 2.21 bits per heavy atom. The molecular formula is C10H11FO2S. The molecule has 76 valence electrons. The van der Waals surface area contributed by atoms with E-state index < -0.39 is 11.8 Å². The van der Waals surface area contributed by atoms with E-state index in [-0.39, 0.29) is 10.8 Å². The number of hydrogen-bond donors (Lipinski definition) is 1. The number of carbonyl (C=O) groups is 1. The molecule has 14 heavy (non-hydrogen) atoms. The number of aromatic carboxylic acids is 1. The molecule has 1 unspecified atom stereocenters. The molecule has 4 heteroatoms. The highest BCUT2D eigenvalue weighted by Gasteiger charge is 2.15. The summed E-state index contributed by atoms with van der Waals surface area (Å²) in [6.45, 7) is 1.89. The molecule has 0 saturated heterocycles. The van der Waals surface area contributed by atoms with Gasteiger partial charge in [0, 0.05) is 5.25 Å². The maximum atomic E-state index is 12.8. The van der Waals surface area contributed by atoms with E-state index in [1.807, 2.05) is 13.2 Å². The van der Waals surface area contributed by atoms with Crippen LogP contribution in [0, 0.1) is 5.82 Å². The summed E-state index contributed by atoms with van der Waals surface area (Å²) in [5, 5.41) is 8.92. The van der Waals surface area contributed by atoms with Crippen LogP contribution in [0.3, 0.4) is 0 Å². The first kappa shape index (κ1) is 11.0. The second-order valence-electron chi connectivity index (χ2n) is 2.91. The maximum absolute atomic E-state index is 12.8. The van der Waals surface area contributed by atoms with Gasteiger partial charge >= 0.3 is 5.97 Å². The third-order valence-electron chi connectivity index (χ3n) is 2.04. The second kappa shape index (κ2) is 4.46. The van der Waals surface area contributed by atoms with E-state index in [4.69, 9.17) is 5.11 Å². The van der Waals surface area contributed by atoms with Crippen LogP contribution in [0.5, 0.6) is 0 Å². The highest BCUT2D eigenvalue weighted by molar-refractivity contribution is 7.98. The number of thioether (sulfide) groups is 1. The van der Waals surface area contributed by atoms with Gasteiger partial charge in [-0.3, -0.25) is 0 Å². The van der Waals surface area contributed by atoms with Crippen LogP contribution >= 0.6 is 11.8 Å². The smallest absolute Gasteiger partial charge is 0.336 e. The molecule has 1 N–H and O–H groups in total. The van der Waals surface area contributed by atoms with E-state index >= 15 is 0 Å². The molecule has 0 aliphatic rings. The van der Waals surface area contributed by atoms with Gasteiger partial charge in [-0.25, -0.2) is 9.18 Å². The lowest BCUT2D eigenvalue weighted by molar-refractivity contribution is 0.0695. The molecule has 0 fully saturated rings. The highest BCUT2D eigenvalue weighted by Crippen LogP contribution is 2.28. The standard InChI is InChI=1S/C10H11FO2S/c1-6(14-2)8-4-3-7(11)5-9(8)10(12)13/h3-6H,1-2H3,(H,12,13).